The van der Waals surface area contributed by atoms with E-state index in [1.54, 1.807) is 43.3 Å². The first-order valence-corrected chi connectivity index (χ1v) is 10.3. The van der Waals surface area contributed by atoms with Gasteiger partial charge in [-0.2, -0.15) is 0 Å². The lowest BCUT2D eigenvalue weighted by Crippen LogP contribution is -2.34. The molecule has 0 saturated carbocycles. The number of benzene rings is 3. The van der Waals surface area contributed by atoms with E-state index in [-0.39, 0.29) is 18.1 Å². The number of aromatic nitrogens is 2. The SMILES string of the molecule is CCn1c(=O)[nH]c2cc(C(=O)Nc3ccc(NC(=O)Nc4ccccc4)cc3)ccc2c1=O. The van der Waals surface area contributed by atoms with Crippen LogP contribution in [0.15, 0.2) is 82.4 Å². The summed E-state index contributed by atoms with van der Waals surface area (Å²) >= 11 is 0. The maximum atomic E-state index is 12.7. The van der Waals surface area contributed by atoms with Crippen molar-refractivity contribution in [2.45, 2.75) is 13.5 Å². The molecule has 0 fully saturated rings. The van der Waals surface area contributed by atoms with Gasteiger partial charge in [-0.3, -0.25) is 14.2 Å². The Morgan fingerprint density at radius 3 is 2.06 bits per heavy atom. The highest BCUT2D eigenvalue weighted by Crippen LogP contribution is 2.16. The molecule has 0 radical (unpaired) electrons. The predicted molar refractivity (Wildman–Crippen MR) is 128 cm³/mol. The molecule has 3 aromatic carbocycles. The fraction of sp³-hybridized carbons (Fsp3) is 0.0833. The van der Waals surface area contributed by atoms with E-state index in [0.29, 0.717) is 28.0 Å². The molecule has 0 saturated heterocycles. The van der Waals surface area contributed by atoms with Gasteiger partial charge in [-0.1, -0.05) is 18.2 Å². The van der Waals surface area contributed by atoms with Gasteiger partial charge in [0.25, 0.3) is 11.5 Å². The van der Waals surface area contributed by atoms with E-state index in [9.17, 15) is 19.2 Å². The van der Waals surface area contributed by atoms with Gasteiger partial charge in [-0.25, -0.2) is 9.59 Å². The summed E-state index contributed by atoms with van der Waals surface area (Å²) in [5.41, 5.74) is 1.40. The Kier molecular flexibility index (Phi) is 6.03. The summed E-state index contributed by atoms with van der Waals surface area (Å²) in [6.45, 7) is 1.96. The van der Waals surface area contributed by atoms with Crippen molar-refractivity contribution < 1.29 is 9.59 Å². The van der Waals surface area contributed by atoms with Crippen molar-refractivity contribution in [3.05, 3.63) is 99.2 Å². The van der Waals surface area contributed by atoms with E-state index in [1.165, 1.54) is 18.2 Å². The molecule has 0 aliphatic carbocycles. The molecule has 9 nitrogen and oxygen atoms in total. The maximum Gasteiger partial charge on any atom is 0.328 e. The molecule has 0 atom stereocenters. The van der Waals surface area contributed by atoms with E-state index in [4.69, 9.17) is 0 Å². The maximum absolute atomic E-state index is 12.7. The second-order valence-corrected chi connectivity index (χ2v) is 7.22. The average Bonchev–Trinajstić information content (AvgIpc) is 2.81. The number of carbonyl (C=O) groups is 2. The number of para-hydroxylation sites is 1. The first-order chi connectivity index (χ1) is 15.9. The van der Waals surface area contributed by atoms with Crippen LogP contribution in [0.25, 0.3) is 10.9 Å². The van der Waals surface area contributed by atoms with Crippen LogP contribution in [-0.4, -0.2) is 21.5 Å². The molecule has 0 bridgehead atoms. The fourth-order valence-corrected chi connectivity index (χ4v) is 3.34. The molecule has 0 unspecified atom stereocenters. The third-order valence-corrected chi connectivity index (χ3v) is 4.99. The Morgan fingerprint density at radius 2 is 1.42 bits per heavy atom. The number of urea groups is 1. The largest absolute Gasteiger partial charge is 0.328 e. The third kappa shape index (κ3) is 4.82. The van der Waals surface area contributed by atoms with Crippen LogP contribution < -0.4 is 27.2 Å². The van der Waals surface area contributed by atoms with Gasteiger partial charge in [0.05, 0.1) is 10.9 Å². The molecular weight excluding hydrogens is 422 g/mol. The molecule has 0 spiro atoms. The highest BCUT2D eigenvalue weighted by atomic mass is 16.2. The molecule has 166 valence electrons. The second-order valence-electron chi connectivity index (χ2n) is 7.22. The highest BCUT2D eigenvalue weighted by molar-refractivity contribution is 6.06. The minimum absolute atomic E-state index is 0.255. The number of nitrogens with one attached hydrogen (secondary N) is 4. The van der Waals surface area contributed by atoms with Crippen LogP contribution in [-0.2, 0) is 6.54 Å². The fourth-order valence-electron chi connectivity index (χ4n) is 3.34. The van der Waals surface area contributed by atoms with Crippen molar-refractivity contribution in [1.82, 2.24) is 9.55 Å². The zero-order valence-corrected chi connectivity index (χ0v) is 17.7. The summed E-state index contributed by atoms with van der Waals surface area (Å²) in [4.78, 5) is 51.8. The quantitative estimate of drug-likeness (QED) is 0.376. The summed E-state index contributed by atoms with van der Waals surface area (Å²) in [6.07, 6.45) is 0. The summed E-state index contributed by atoms with van der Waals surface area (Å²) in [5, 5.41) is 8.52. The Hall–Kier alpha value is -4.66. The van der Waals surface area contributed by atoms with Gasteiger partial charge >= 0.3 is 11.7 Å². The Bertz CT molecular complexity index is 1440. The number of rotatable bonds is 5. The monoisotopic (exact) mass is 443 g/mol. The minimum Gasteiger partial charge on any atom is -0.322 e. The first kappa shape index (κ1) is 21.6. The molecule has 1 aromatic heterocycles. The second kappa shape index (κ2) is 9.23. The zero-order chi connectivity index (χ0) is 23.4. The van der Waals surface area contributed by atoms with Gasteiger partial charge in [0, 0.05) is 29.2 Å². The van der Waals surface area contributed by atoms with Crippen LogP contribution in [0, 0.1) is 0 Å². The van der Waals surface area contributed by atoms with Crippen LogP contribution >= 0.6 is 0 Å². The molecule has 3 amide bonds. The van der Waals surface area contributed by atoms with Gasteiger partial charge < -0.3 is 20.9 Å². The number of carbonyl (C=O) groups excluding carboxylic acids is 2. The topological polar surface area (TPSA) is 125 Å². The molecule has 9 heteroatoms. The zero-order valence-electron chi connectivity index (χ0n) is 17.7. The molecule has 4 N–H and O–H groups in total. The van der Waals surface area contributed by atoms with Crippen molar-refractivity contribution in [2.24, 2.45) is 0 Å². The van der Waals surface area contributed by atoms with E-state index < -0.39 is 17.2 Å². The van der Waals surface area contributed by atoms with Gasteiger partial charge in [0.2, 0.25) is 0 Å². The van der Waals surface area contributed by atoms with E-state index in [0.717, 1.165) is 4.57 Å². The molecule has 4 aromatic rings. The normalized spacial score (nSPS) is 10.6. The lowest BCUT2D eigenvalue weighted by Gasteiger charge is -2.10. The lowest BCUT2D eigenvalue weighted by molar-refractivity contribution is 0.102. The number of H-pyrrole nitrogens is 1. The van der Waals surface area contributed by atoms with Crippen molar-refractivity contribution in [1.29, 1.82) is 0 Å². The lowest BCUT2D eigenvalue weighted by atomic mass is 10.1. The Balaban J connectivity index is 1.44. The van der Waals surface area contributed by atoms with Crippen LogP contribution in [0.2, 0.25) is 0 Å². The van der Waals surface area contributed by atoms with Crippen molar-refractivity contribution in [2.75, 3.05) is 16.0 Å². The van der Waals surface area contributed by atoms with Crippen LogP contribution in [0.4, 0.5) is 21.9 Å². The average molecular weight is 443 g/mol. The number of amides is 3. The summed E-state index contributed by atoms with van der Waals surface area (Å²) in [7, 11) is 0. The smallest absolute Gasteiger partial charge is 0.322 e. The first-order valence-electron chi connectivity index (χ1n) is 10.3. The Labute approximate surface area is 188 Å². The van der Waals surface area contributed by atoms with Crippen LogP contribution in [0.5, 0.6) is 0 Å². The summed E-state index contributed by atoms with van der Waals surface area (Å²) < 4.78 is 1.10. The summed E-state index contributed by atoms with van der Waals surface area (Å²) in [6, 6.07) is 19.8. The highest BCUT2D eigenvalue weighted by Gasteiger charge is 2.11. The number of nitrogens with zero attached hydrogens (tertiary/aromatic N) is 1. The van der Waals surface area contributed by atoms with Crippen molar-refractivity contribution in [3.63, 3.8) is 0 Å². The third-order valence-electron chi connectivity index (χ3n) is 4.99. The van der Waals surface area contributed by atoms with E-state index in [2.05, 4.69) is 20.9 Å². The van der Waals surface area contributed by atoms with Gasteiger partial charge in [-0.15, -0.1) is 0 Å². The van der Waals surface area contributed by atoms with E-state index >= 15 is 0 Å². The van der Waals surface area contributed by atoms with Gasteiger partial charge in [-0.05, 0) is 61.5 Å². The number of hydrogen-bond donors (Lipinski definition) is 4. The number of anilines is 3. The molecule has 0 aliphatic heterocycles. The van der Waals surface area contributed by atoms with Crippen molar-refractivity contribution >= 4 is 39.9 Å². The van der Waals surface area contributed by atoms with Crippen LogP contribution in [0.3, 0.4) is 0 Å². The summed E-state index contributed by atoms with van der Waals surface area (Å²) in [5.74, 6) is -0.403. The molecular formula is C24H21N5O4. The molecule has 33 heavy (non-hydrogen) atoms. The molecule has 1 heterocycles. The van der Waals surface area contributed by atoms with Gasteiger partial charge in [0.1, 0.15) is 0 Å². The molecule has 0 aliphatic rings. The standard InChI is InChI=1S/C24H21N5O4/c1-2-29-22(31)19-13-8-15(14-20(19)28-24(29)33)21(30)25-17-9-11-18(12-10-17)27-23(32)26-16-6-4-3-5-7-16/h3-14H,2H2,1H3,(H,25,30)(H,28,33)(H2,26,27,32). The molecule has 4 rings (SSSR count). The van der Waals surface area contributed by atoms with Gasteiger partial charge in [0.15, 0.2) is 0 Å². The minimum atomic E-state index is -0.521. The predicted octanol–water partition coefficient (Wildman–Crippen LogP) is 3.61. The van der Waals surface area contributed by atoms with Crippen molar-refractivity contribution in [3.8, 4) is 0 Å². The van der Waals surface area contributed by atoms with E-state index in [1.807, 2.05) is 18.2 Å². The van der Waals surface area contributed by atoms with Crippen LogP contribution in [0.1, 0.15) is 17.3 Å². The number of aromatic amines is 1. The Morgan fingerprint density at radius 1 is 0.818 bits per heavy atom. The number of hydrogen-bond acceptors (Lipinski definition) is 4. The number of fused-ring (bicyclic) bond motifs is 1.